The summed E-state index contributed by atoms with van der Waals surface area (Å²) in [7, 11) is 1.60. The average molecular weight is 348 g/mol. The molecule has 0 unspecified atom stereocenters. The molecule has 1 aromatic heterocycles. The minimum absolute atomic E-state index is 0.0190. The number of ether oxygens (including phenoxy) is 1. The highest BCUT2D eigenvalue weighted by atomic mass is 32.2. The predicted molar refractivity (Wildman–Crippen MR) is 99.2 cm³/mol. The minimum Gasteiger partial charge on any atom is -0.497 e. The molecule has 1 heterocycles. The normalized spacial score (nSPS) is 10.4. The van der Waals surface area contributed by atoms with Gasteiger partial charge in [0, 0.05) is 10.9 Å². The topological polar surface area (TPSA) is 63.0 Å². The Labute approximate surface area is 150 Å². The number of carbonyl (C=O) groups excluding carboxylic acids is 1. The first kappa shape index (κ1) is 17.0. The number of fused-ring (bicyclic) bond motifs is 1. The number of carbonyl (C=O) groups is 1. The average Bonchev–Trinajstić information content (AvgIpc) is 2.65. The monoisotopic (exact) mass is 348 g/mol. The van der Waals surface area contributed by atoms with Crippen LogP contribution in [0.4, 0.5) is 0 Å². The maximum atomic E-state index is 12.3. The summed E-state index contributed by atoms with van der Waals surface area (Å²) in [5.74, 6) is 0.977. The lowest BCUT2D eigenvalue weighted by molar-refractivity contribution is 0.102. The second-order valence-corrected chi connectivity index (χ2v) is 6.55. The number of benzene rings is 2. The Balaban J connectivity index is 1.84. The van der Waals surface area contributed by atoms with E-state index in [2.05, 4.69) is 11.1 Å². The molecule has 4 nitrogen and oxygen atoms in total. The van der Waals surface area contributed by atoms with Crippen molar-refractivity contribution < 1.29 is 9.53 Å². The minimum atomic E-state index is 0.0190. The molecular formula is C20H16N2O2S. The van der Waals surface area contributed by atoms with Crippen molar-refractivity contribution in [3.63, 3.8) is 0 Å². The van der Waals surface area contributed by atoms with Gasteiger partial charge in [0.05, 0.1) is 23.9 Å². The van der Waals surface area contributed by atoms with Crippen molar-refractivity contribution in [2.45, 2.75) is 11.9 Å². The Kier molecular flexibility index (Phi) is 5.01. The first-order valence-electron chi connectivity index (χ1n) is 7.72. The lowest BCUT2D eigenvalue weighted by Gasteiger charge is -2.07. The summed E-state index contributed by atoms with van der Waals surface area (Å²) in [6, 6.07) is 16.9. The van der Waals surface area contributed by atoms with Crippen molar-refractivity contribution >= 4 is 28.4 Å². The number of hydrogen-bond donors (Lipinski definition) is 0. The van der Waals surface area contributed by atoms with Gasteiger partial charge in [-0.2, -0.15) is 5.26 Å². The number of nitriles is 1. The number of aryl methyl sites for hydroxylation is 1. The maximum absolute atomic E-state index is 12.3. The number of thioether (sulfide) groups is 1. The van der Waals surface area contributed by atoms with Crippen molar-refractivity contribution in [1.29, 1.82) is 5.26 Å². The smallest absolute Gasteiger partial charge is 0.173 e. The van der Waals surface area contributed by atoms with Crippen LogP contribution in [0.5, 0.6) is 5.75 Å². The largest absolute Gasteiger partial charge is 0.497 e. The van der Waals surface area contributed by atoms with E-state index in [1.807, 2.05) is 49.4 Å². The number of Topliss-reactive ketones (excluding diaryl/α,β-unsaturated/α-hetero) is 1. The number of ketones is 1. The number of pyridine rings is 1. The van der Waals surface area contributed by atoms with Crippen LogP contribution < -0.4 is 4.74 Å². The van der Waals surface area contributed by atoms with Crippen LogP contribution in [0.2, 0.25) is 0 Å². The summed E-state index contributed by atoms with van der Waals surface area (Å²) < 4.78 is 5.20. The van der Waals surface area contributed by atoms with Crippen molar-refractivity contribution in [3.8, 4) is 11.8 Å². The van der Waals surface area contributed by atoms with Gasteiger partial charge >= 0.3 is 0 Å². The molecule has 0 saturated carbocycles. The molecule has 0 atom stereocenters. The molecular weight excluding hydrogens is 332 g/mol. The zero-order valence-electron chi connectivity index (χ0n) is 13.9. The van der Waals surface area contributed by atoms with E-state index in [0.717, 1.165) is 16.5 Å². The van der Waals surface area contributed by atoms with Gasteiger partial charge < -0.3 is 4.74 Å². The fourth-order valence-electron chi connectivity index (χ4n) is 2.41. The molecule has 3 aromatic rings. The summed E-state index contributed by atoms with van der Waals surface area (Å²) in [4.78, 5) is 16.9. The molecule has 0 aliphatic rings. The number of methoxy groups -OCH3 is 1. The van der Waals surface area contributed by atoms with Gasteiger partial charge in [0.15, 0.2) is 5.78 Å². The molecule has 0 radical (unpaired) electrons. The SMILES string of the molecule is COc1ccc2nc(SCC(=O)c3ccc(C)cc3)c(C#N)cc2c1. The summed E-state index contributed by atoms with van der Waals surface area (Å²) >= 11 is 1.29. The van der Waals surface area contributed by atoms with Gasteiger partial charge in [-0.05, 0) is 31.2 Å². The third-order valence-electron chi connectivity index (χ3n) is 3.82. The van der Waals surface area contributed by atoms with Crippen LogP contribution in [0.1, 0.15) is 21.5 Å². The highest BCUT2D eigenvalue weighted by molar-refractivity contribution is 8.00. The molecule has 0 saturated heterocycles. The van der Waals surface area contributed by atoms with Crippen LogP contribution in [0.15, 0.2) is 53.6 Å². The molecule has 0 bridgehead atoms. The van der Waals surface area contributed by atoms with Crippen molar-refractivity contribution in [1.82, 2.24) is 4.98 Å². The third-order valence-corrected chi connectivity index (χ3v) is 4.81. The van der Waals surface area contributed by atoms with Gasteiger partial charge in [-0.3, -0.25) is 4.79 Å². The van der Waals surface area contributed by atoms with Crippen molar-refractivity contribution in [2.24, 2.45) is 0 Å². The van der Waals surface area contributed by atoms with Crippen LogP contribution in [0.25, 0.3) is 10.9 Å². The molecule has 2 aromatic carbocycles. The highest BCUT2D eigenvalue weighted by Crippen LogP contribution is 2.27. The van der Waals surface area contributed by atoms with Crippen LogP contribution >= 0.6 is 11.8 Å². The molecule has 5 heteroatoms. The number of nitrogens with zero attached hydrogens (tertiary/aromatic N) is 2. The Morgan fingerprint density at radius 1 is 1.20 bits per heavy atom. The van der Waals surface area contributed by atoms with E-state index in [1.54, 1.807) is 13.2 Å². The first-order chi connectivity index (χ1) is 12.1. The zero-order chi connectivity index (χ0) is 17.8. The molecule has 0 amide bonds. The van der Waals surface area contributed by atoms with Crippen LogP contribution in [-0.2, 0) is 0 Å². The highest BCUT2D eigenvalue weighted by Gasteiger charge is 2.12. The van der Waals surface area contributed by atoms with Gasteiger partial charge in [0.25, 0.3) is 0 Å². The van der Waals surface area contributed by atoms with Gasteiger partial charge in [-0.15, -0.1) is 0 Å². The summed E-state index contributed by atoms with van der Waals surface area (Å²) in [6.07, 6.45) is 0. The lowest BCUT2D eigenvalue weighted by Crippen LogP contribution is -2.03. The fourth-order valence-corrected chi connectivity index (χ4v) is 3.27. The second-order valence-electron chi connectivity index (χ2n) is 5.59. The van der Waals surface area contributed by atoms with E-state index in [9.17, 15) is 10.1 Å². The molecule has 0 aliphatic heterocycles. The van der Waals surface area contributed by atoms with E-state index >= 15 is 0 Å². The van der Waals surface area contributed by atoms with E-state index in [4.69, 9.17) is 4.74 Å². The second kappa shape index (κ2) is 7.37. The predicted octanol–water partition coefficient (Wildman–Crippen LogP) is 4.40. The molecule has 124 valence electrons. The van der Waals surface area contributed by atoms with Gasteiger partial charge in [0.2, 0.25) is 0 Å². The third kappa shape index (κ3) is 3.81. The van der Waals surface area contributed by atoms with Crippen LogP contribution in [0, 0.1) is 18.3 Å². The van der Waals surface area contributed by atoms with E-state index in [0.29, 0.717) is 21.9 Å². The Morgan fingerprint density at radius 3 is 2.64 bits per heavy atom. The molecule has 25 heavy (non-hydrogen) atoms. The van der Waals surface area contributed by atoms with Crippen molar-refractivity contribution in [3.05, 3.63) is 65.2 Å². The van der Waals surface area contributed by atoms with E-state index < -0.39 is 0 Å². The number of aromatic nitrogens is 1. The first-order valence-corrected chi connectivity index (χ1v) is 8.71. The lowest BCUT2D eigenvalue weighted by atomic mass is 10.1. The summed E-state index contributed by atoms with van der Waals surface area (Å²) in [5, 5.41) is 10.8. The maximum Gasteiger partial charge on any atom is 0.173 e. The molecule has 0 N–H and O–H groups in total. The molecule has 0 spiro atoms. The fraction of sp³-hybridized carbons (Fsp3) is 0.150. The van der Waals surface area contributed by atoms with Gasteiger partial charge in [-0.25, -0.2) is 4.98 Å². The Hall–Kier alpha value is -2.84. The Morgan fingerprint density at radius 2 is 1.96 bits per heavy atom. The van der Waals surface area contributed by atoms with E-state index in [1.165, 1.54) is 11.8 Å². The van der Waals surface area contributed by atoms with Gasteiger partial charge in [-0.1, -0.05) is 41.6 Å². The number of rotatable bonds is 5. The molecule has 0 fully saturated rings. The quantitative estimate of drug-likeness (QED) is 0.505. The molecule has 3 rings (SSSR count). The van der Waals surface area contributed by atoms with Crippen molar-refractivity contribution in [2.75, 3.05) is 12.9 Å². The summed E-state index contributed by atoms with van der Waals surface area (Å²) in [5.41, 5.74) is 3.01. The number of hydrogen-bond acceptors (Lipinski definition) is 5. The standard InChI is InChI=1S/C20H16N2O2S/c1-13-3-5-14(6-4-13)19(23)12-25-20-16(11-21)9-15-10-17(24-2)7-8-18(15)22-20/h3-10H,12H2,1-2H3. The van der Waals surface area contributed by atoms with E-state index in [-0.39, 0.29) is 11.5 Å². The Bertz CT molecular complexity index is 975. The van der Waals surface area contributed by atoms with Crippen LogP contribution in [0.3, 0.4) is 0 Å². The zero-order valence-corrected chi connectivity index (χ0v) is 14.8. The van der Waals surface area contributed by atoms with Crippen LogP contribution in [-0.4, -0.2) is 23.6 Å². The molecule has 0 aliphatic carbocycles. The summed E-state index contributed by atoms with van der Waals surface area (Å²) in [6.45, 7) is 1.98. The van der Waals surface area contributed by atoms with Gasteiger partial charge in [0.1, 0.15) is 16.8 Å².